The van der Waals surface area contributed by atoms with Gasteiger partial charge in [-0.15, -0.1) is 0 Å². The highest BCUT2D eigenvalue weighted by Crippen LogP contribution is 2.41. The maximum atomic E-state index is 12.4. The van der Waals surface area contributed by atoms with E-state index in [0.717, 1.165) is 30.4 Å². The number of carbonyl (C=O) groups excluding carboxylic acids is 1. The van der Waals surface area contributed by atoms with Crippen LogP contribution in [0.2, 0.25) is 0 Å². The minimum absolute atomic E-state index is 0.204. The molecule has 2 aromatic rings. The summed E-state index contributed by atoms with van der Waals surface area (Å²) in [7, 11) is 1.65. The summed E-state index contributed by atoms with van der Waals surface area (Å²) in [5, 5.41) is 4.43. The Kier molecular flexibility index (Phi) is 4.63. The molecule has 1 aliphatic carbocycles. The largest absolute Gasteiger partial charge is 0.341 e. The summed E-state index contributed by atoms with van der Waals surface area (Å²) in [5.41, 5.74) is 1.95. The molecule has 1 fully saturated rings. The fourth-order valence-corrected chi connectivity index (χ4v) is 2.86. The second-order valence-corrected chi connectivity index (χ2v) is 5.99. The predicted octanol–water partition coefficient (Wildman–Crippen LogP) is 3.84. The number of hydrogen-bond acceptors (Lipinski definition) is 2. The third-order valence-corrected chi connectivity index (χ3v) is 4.43. The van der Waals surface area contributed by atoms with Gasteiger partial charge in [0.1, 0.15) is 6.61 Å². The van der Waals surface area contributed by atoms with Crippen LogP contribution in [-0.2, 0) is 17.0 Å². The van der Waals surface area contributed by atoms with E-state index in [1.165, 1.54) is 5.06 Å². The summed E-state index contributed by atoms with van der Waals surface area (Å²) in [5.74, 6) is 0. The number of nitrogens with zero attached hydrogens (tertiary/aromatic N) is 1. The van der Waals surface area contributed by atoms with Gasteiger partial charge in [0, 0.05) is 7.05 Å². The van der Waals surface area contributed by atoms with Crippen LogP contribution in [0.5, 0.6) is 0 Å². The number of carbonyl (C=O) groups is 1. The number of benzene rings is 2. The molecule has 0 atom stereocenters. The number of amides is 2. The van der Waals surface area contributed by atoms with Gasteiger partial charge in [-0.25, -0.2) is 9.86 Å². The van der Waals surface area contributed by atoms with Crippen molar-refractivity contribution in [1.82, 2.24) is 10.4 Å². The summed E-state index contributed by atoms with van der Waals surface area (Å²) in [6.45, 7) is 0.378. The van der Waals surface area contributed by atoms with E-state index in [1.54, 1.807) is 7.05 Å². The highest BCUT2D eigenvalue weighted by molar-refractivity contribution is 5.74. The van der Waals surface area contributed by atoms with Crippen LogP contribution in [0.15, 0.2) is 60.7 Å². The minimum Gasteiger partial charge on any atom is -0.327 e. The molecular weight excluding hydrogens is 288 g/mol. The van der Waals surface area contributed by atoms with Crippen molar-refractivity contribution < 1.29 is 9.63 Å². The van der Waals surface area contributed by atoms with Crippen LogP contribution in [-0.4, -0.2) is 18.1 Å². The molecule has 3 rings (SSSR count). The quantitative estimate of drug-likeness (QED) is 0.853. The third kappa shape index (κ3) is 3.54. The van der Waals surface area contributed by atoms with Crippen LogP contribution in [0.4, 0.5) is 4.79 Å². The second-order valence-electron chi connectivity index (χ2n) is 5.99. The molecule has 0 saturated heterocycles. The van der Waals surface area contributed by atoms with E-state index in [9.17, 15) is 4.79 Å². The van der Waals surface area contributed by atoms with Gasteiger partial charge >= 0.3 is 6.03 Å². The lowest BCUT2D eigenvalue weighted by molar-refractivity contribution is -0.112. The molecule has 2 amide bonds. The molecule has 0 radical (unpaired) electrons. The highest BCUT2D eigenvalue weighted by atomic mass is 16.7. The molecule has 23 heavy (non-hydrogen) atoms. The van der Waals surface area contributed by atoms with E-state index >= 15 is 0 Å². The molecule has 1 aliphatic rings. The lowest BCUT2D eigenvalue weighted by Crippen LogP contribution is -2.54. The van der Waals surface area contributed by atoms with Gasteiger partial charge in [0.25, 0.3) is 0 Å². The molecule has 2 aromatic carbocycles. The molecule has 0 aliphatic heterocycles. The molecule has 120 valence electrons. The van der Waals surface area contributed by atoms with Crippen LogP contribution < -0.4 is 5.32 Å². The summed E-state index contributed by atoms with van der Waals surface area (Å²) in [6.07, 6.45) is 3.06. The second kappa shape index (κ2) is 6.84. The van der Waals surface area contributed by atoms with Crippen molar-refractivity contribution in [3.63, 3.8) is 0 Å². The van der Waals surface area contributed by atoms with Crippen LogP contribution in [0.1, 0.15) is 30.4 Å². The number of hydroxylamine groups is 2. The molecular formula is C19H22N2O2. The Morgan fingerprint density at radius 2 is 1.70 bits per heavy atom. The third-order valence-electron chi connectivity index (χ3n) is 4.43. The fourth-order valence-electron chi connectivity index (χ4n) is 2.86. The van der Waals surface area contributed by atoms with Gasteiger partial charge in [-0.3, -0.25) is 4.84 Å². The Balaban J connectivity index is 1.59. The Bertz CT molecular complexity index is 639. The predicted molar refractivity (Wildman–Crippen MR) is 89.5 cm³/mol. The standard InChI is InChI=1S/C19H22N2O2/c1-21(23-15-16-9-4-2-5-10-16)18(22)20-19(13-8-14-19)17-11-6-3-7-12-17/h2-7,9-12H,8,13-15H2,1H3,(H,20,22). The lowest BCUT2D eigenvalue weighted by atomic mass is 9.72. The smallest absolute Gasteiger partial charge is 0.327 e. The van der Waals surface area contributed by atoms with Crippen molar-refractivity contribution in [2.24, 2.45) is 0 Å². The van der Waals surface area contributed by atoms with Crippen LogP contribution in [0, 0.1) is 0 Å². The van der Waals surface area contributed by atoms with Gasteiger partial charge in [0.15, 0.2) is 0 Å². The number of nitrogens with one attached hydrogen (secondary N) is 1. The topological polar surface area (TPSA) is 41.6 Å². The van der Waals surface area contributed by atoms with Crippen LogP contribution in [0.25, 0.3) is 0 Å². The van der Waals surface area contributed by atoms with Crippen molar-refractivity contribution in [1.29, 1.82) is 0 Å². The Hall–Kier alpha value is -2.33. The summed E-state index contributed by atoms with van der Waals surface area (Å²) in [6, 6.07) is 19.8. The molecule has 4 heteroatoms. The minimum atomic E-state index is -0.247. The first-order valence-electron chi connectivity index (χ1n) is 7.98. The maximum Gasteiger partial charge on any atom is 0.341 e. The number of urea groups is 1. The van der Waals surface area contributed by atoms with E-state index < -0.39 is 0 Å². The van der Waals surface area contributed by atoms with Gasteiger partial charge < -0.3 is 5.32 Å². The summed E-state index contributed by atoms with van der Waals surface area (Å²) < 4.78 is 0. The van der Waals surface area contributed by atoms with Crippen molar-refractivity contribution >= 4 is 6.03 Å². The summed E-state index contributed by atoms with van der Waals surface area (Å²) >= 11 is 0. The van der Waals surface area contributed by atoms with E-state index in [0.29, 0.717) is 6.61 Å². The first-order chi connectivity index (χ1) is 11.2. The maximum absolute atomic E-state index is 12.4. The molecule has 0 bridgehead atoms. The van der Waals surface area contributed by atoms with E-state index in [4.69, 9.17) is 4.84 Å². The van der Waals surface area contributed by atoms with E-state index in [-0.39, 0.29) is 11.6 Å². The first kappa shape index (κ1) is 15.6. The van der Waals surface area contributed by atoms with Gasteiger partial charge in [-0.05, 0) is 30.4 Å². The molecule has 0 spiro atoms. The molecule has 0 unspecified atom stereocenters. The highest BCUT2D eigenvalue weighted by Gasteiger charge is 2.40. The Morgan fingerprint density at radius 1 is 1.09 bits per heavy atom. The molecule has 0 aromatic heterocycles. The van der Waals surface area contributed by atoms with Gasteiger partial charge in [-0.1, -0.05) is 60.7 Å². The number of hydrogen-bond donors (Lipinski definition) is 1. The first-order valence-corrected chi connectivity index (χ1v) is 7.98. The number of rotatable bonds is 5. The monoisotopic (exact) mass is 310 g/mol. The average Bonchev–Trinajstić information content (AvgIpc) is 2.57. The molecule has 4 nitrogen and oxygen atoms in total. The Morgan fingerprint density at radius 3 is 2.26 bits per heavy atom. The van der Waals surface area contributed by atoms with Gasteiger partial charge in [0.2, 0.25) is 0 Å². The van der Waals surface area contributed by atoms with Crippen molar-refractivity contribution in [3.8, 4) is 0 Å². The van der Waals surface area contributed by atoms with Gasteiger partial charge in [-0.2, -0.15) is 0 Å². The summed E-state index contributed by atoms with van der Waals surface area (Å²) in [4.78, 5) is 18.0. The van der Waals surface area contributed by atoms with Crippen molar-refractivity contribution in [2.75, 3.05) is 7.05 Å². The Labute approximate surface area is 137 Å². The van der Waals surface area contributed by atoms with Crippen LogP contribution >= 0.6 is 0 Å². The molecule has 1 N–H and O–H groups in total. The van der Waals surface area contributed by atoms with Gasteiger partial charge in [0.05, 0.1) is 5.54 Å². The zero-order valence-electron chi connectivity index (χ0n) is 13.4. The fraction of sp³-hybridized carbons (Fsp3) is 0.316. The SMILES string of the molecule is CN(OCc1ccccc1)C(=O)NC1(c2ccccc2)CCC1. The zero-order chi connectivity index (χ0) is 16.1. The van der Waals surface area contributed by atoms with Crippen molar-refractivity contribution in [2.45, 2.75) is 31.4 Å². The molecule has 1 saturated carbocycles. The molecule has 0 heterocycles. The van der Waals surface area contributed by atoms with E-state index in [2.05, 4.69) is 17.4 Å². The lowest BCUT2D eigenvalue weighted by Gasteiger charge is -2.43. The van der Waals surface area contributed by atoms with Crippen LogP contribution in [0.3, 0.4) is 0 Å². The zero-order valence-corrected chi connectivity index (χ0v) is 13.4. The average molecular weight is 310 g/mol. The van der Waals surface area contributed by atoms with Crippen molar-refractivity contribution in [3.05, 3.63) is 71.8 Å². The normalized spacial score (nSPS) is 15.5. The van der Waals surface area contributed by atoms with E-state index in [1.807, 2.05) is 48.5 Å².